The number of methoxy groups -OCH3 is 1. The van der Waals surface area contributed by atoms with Crippen molar-refractivity contribution in [3.8, 4) is 5.75 Å². The summed E-state index contributed by atoms with van der Waals surface area (Å²) in [5.74, 6) is 0.0400. The average Bonchev–Trinajstić information content (AvgIpc) is 2.86. The Morgan fingerprint density at radius 1 is 1.15 bits per heavy atom. The maximum atomic E-state index is 13.9. The van der Waals surface area contributed by atoms with Crippen LogP contribution in [0.15, 0.2) is 41.3 Å². The molecule has 2 aromatic rings. The summed E-state index contributed by atoms with van der Waals surface area (Å²) in [4.78, 5) is 12.6. The number of benzene rings is 2. The molecular formula is C25H30INO6S. The molecule has 2 heterocycles. The summed E-state index contributed by atoms with van der Waals surface area (Å²) >= 11 is 2.24. The molecule has 7 nitrogen and oxygen atoms in total. The molecule has 9 heteroatoms. The van der Waals surface area contributed by atoms with E-state index in [0.717, 1.165) is 34.8 Å². The first kappa shape index (κ1) is 25.2. The van der Waals surface area contributed by atoms with Gasteiger partial charge in [-0.25, -0.2) is 13.2 Å². The molecule has 0 N–H and O–H groups in total. The Labute approximate surface area is 215 Å². The van der Waals surface area contributed by atoms with Crippen LogP contribution in [0.5, 0.6) is 5.75 Å². The summed E-state index contributed by atoms with van der Waals surface area (Å²) in [6, 6.07) is 10.2. The summed E-state index contributed by atoms with van der Waals surface area (Å²) < 4.78 is 46.7. The molecule has 1 unspecified atom stereocenters. The summed E-state index contributed by atoms with van der Waals surface area (Å²) in [7, 11) is -2.64. The van der Waals surface area contributed by atoms with Gasteiger partial charge in [-0.2, -0.15) is 0 Å². The lowest BCUT2D eigenvalue weighted by Gasteiger charge is -2.37. The van der Waals surface area contributed by atoms with Gasteiger partial charge < -0.3 is 14.2 Å². The molecule has 34 heavy (non-hydrogen) atoms. The number of fused-ring (bicyclic) bond motifs is 1. The van der Waals surface area contributed by atoms with Crippen molar-refractivity contribution in [1.82, 2.24) is 0 Å². The van der Waals surface area contributed by atoms with Gasteiger partial charge in [0.05, 0.1) is 24.3 Å². The highest BCUT2D eigenvalue weighted by molar-refractivity contribution is 14.1. The largest absolute Gasteiger partial charge is 0.492 e. The molecule has 0 amide bonds. The Kier molecular flexibility index (Phi) is 8.04. The van der Waals surface area contributed by atoms with Gasteiger partial charge in [-0.3, -0.25) is 4.31 Å². The number of aryl methyl sites for hydroxylation is 1. The van der Waals surface area contributed by atoms with Crippen LogP contribution in [0, 0.1) is 9.49 Å². The molecule has 2 aromatic carbocycles. The van der Waals surface area contributed by atoms with Gasteiger partial charge in [0.2, 0.25) is 0 Å². The monoisotopic (exact) mass is 599 g/mol. The second-order valence-electron chi connectivity index (χ2n) is 8.69. The molecular weight excluding hydrogens is 569 g/mol. The molecule has 1 atom stereocenters. The first-order valence-corrected chi connectivity index (χ1v) is 14.1. The number of sulfonamides is 1. The third-order valence-corrected chi connectivity index (χ3v) is 9.09. The van der Waals surface area contributed by atoms with E-state index in [0.29, 0.717) is 43.6 Å². The van der Waals surface area contributed by atoms with Crippen molar-refractivity contribution in [2.24, 2.45) is 5.92 Å². The molecule has 0 radical (unpaired) electrons. The topological polar surface area (TPSA) is 82.1 Å². The van der Waals surface area contributed by atoms with Gasteiger partial charge in [0, 0.05) is 22.8 Å². The van der Waals surface area contributed by atoms with Gasteiger partial charge in [-0.1, -0.05) is 6.92 Å². The number of nitrogens with zero attached hydrogens (tertiary/aromatic N) is 1. The number of carbonyl (C=O) groups excluding carboxylic acids is 1. The first-order valence-electron chi connectivity index (χ1n) is 11.6. The van der Waals surface area contributed by atoms with E-state index < -0.39 is 16.0 Å². The van der Waals surface area contributed by atoms with Crippen LogP contribution in [-0.4, -0.2) is 47.4 Å². The van der Waals surface area contributed by atoms with Gasteiger partial charge in [-0.15, -0.1) is 0 Å². The molecule has 1 fully saturated rings. The fourth-order valence-electron chi connectivity index (χ4n) is 4.60. The number of hydrogen-bond donors (Lipinski definition) is 0. The van der Waals surface area contributed by atoms with Gasteiger partial charge in [0.15, 0.2) is 0 Å². The third-order valence-electron chi connectivity index (χ3n) is 6.56. The highest BCUT2D eigenvalue weighted by Gasteiger charge is 2.36. The van der Waals surface area contributed by atoms with E-state index in [1.807, 2.05) is 25.1 Å². The van der Waals surface area contributed by atoms with Crippen LogP contribution in [0.1, 0.15) is 48.5 Å². The van der Waals surface area contributed by atoms with Crippen molar-refractivity contribution in [3.05, 3.63) is 51.1 Å². The van der Waals surface area contributed by atoms with E-state index in [2.05, 4.69) is 22.6 Å². The molecule has 184 valence electrons. The fraction of sp³-hybridized carbons (Fsp3) is 0.480. The lowest BCUT2D eigenvalue weighted by molar-refractivity contribution is 0.0483. The van der Waals surface area contributed by atoms with Crippen molar-refractivity contribution in [1.29, 1.82) is 0 Å². The molecule has 2 aliphatic heterocycles. The first-order chi connectivity index (χ1) is 16.3. The zero-order valence-corrected chi connectivity index (χ0v) is 22.4. The van der Waals surface area contributed by atoms with E-state index in [-0.39, 0.29) is 16.5 Å². The maximum absolute atomic E-state index is 13.9. The summed E-state index contributed by atoms with van der Waals surface area (Å²) in [5, 5.41) is 0. The number of esters is 1. The van der Waals surface area contributed by atoms with Crippen molar-refractivity contribution >= 4 is 44.3 Å². The lowest BCUT2D eigenvalue weighted by atomic mass is 9.97. The quantitative estimate of drug-likeness (QED) is 0.336. The molecule has 1 saturated heterocycles. The Morgan fingerprint density at radius 3 is 2.62 bits per heavy atom. The number of carbonyl (C=O) groups is 1. The van der Waals surface area contributed by atoms with Crippen LogP contribution in [0.25, 0.3) is 0 Å². The van der Waals surface area contributed by atoms with Gasteiger partial charge in [0.1, 0.15) is 11.3 Å². The van der Waals surface area contributed by atoms with Gasteiger partial charge >= 0.3 is 5.97 Å². The summed E-state index contributed by atoms with van der Waals surface area (Å²) in [6.07, 6.45) is 4.07. The minimum atomic E-state index is -3.91. The highest BCUT2D eigenvalue weighted by Crippen LogP contribution is 2.38. The van der Waals surface area contributed by atoms with Crippen LogP contribution in [-0.2, 0) is 25.9 Å². The second kappa shape index (κ2) is 10.8. The van der Waals surface area contributed by atoms with Crippen LogP contribution in [0.2, 0.25) is 0 Å². The van der Waals surface area contributed by atoms with E-state index in [1.165, 1.54) is 23.5 Å². The number of hydrogen-bond acceptors (Lipinski definition) is 6. The van der Waals surface area contributed by atoms with Crippen LogP contribution in [0.4, 0.5) is 5.69 Å². The van der Waals surface area contributed by atoms with Crippen molar-refractivity contribution in [2.45, 2.75) is 50.0 Å². The summed E-state index contributed by atoms with van der Waals surface area (Å²) in [6.45, 7) is 3.83. The van der Waals surface area contributed by atoms with Crippen LogP contribution in [0.3, 0.4) is 0 Å². The minimum absolute atomic E-state index is 0.0520. The fourth-order valence-corrected chi connectivity index (χ4v) is 6.97. The number of anilines is 1. The summed E-state index contributed by atoms with van der Waals surface area (Å²) in [5.41, 5.74) is 1.84. The van der Waals surface area contributed by atoms with Crippen molar-refractivity contribution in [3.63, 3.8) is 0 Å². The number of rotatable bonds is 7. The molecule has 2 aliphatic rings. The average molecular weight is 599 g/mol. The Morgan fingerprint density at radius 2 is 1.91 bits per heavy atom. The zero-order valence-electron chi connectivity index (χ0n) is 19.5. The Bertz CT molecular complexity index is 1150. The van der Waals surface area contributed by atoms with E-state index in [9.17, 15) is 13.2 Å². The molecule has 0 saturated carbocycles. The van der Waals surface area contributed by atoms with Gasteiger partial charge in [-0.05, 0) is 103 Å². The number of halogens is 1. The molecule has 0 bridgehead atoms. The maximum Gasteiger partial charge on any atom is 0.341 e. The van der Waals surface area contributed by atoms with Crippen LogP contribution < -0.4 is 9.04 Å². The zero-order chi connectivity index (χ0) is 24.3. The van der Waals surface area contributed by atoms with Crippen molar-refractivity contribution in [2.75, 3.05) is 31.2 Å². The third kappa shape index (κ3) is 5.21. The molecule has 0 aliphatic carbocycles. The van der Waals surface area contributed by atoms with E-state index >= 15 is 0 Å². The normalized spacial score (nSPS) is 18.9. The Hall–Kier alpha value is -1.85. The smallest absolute Gasteiger partial charge is 0.341 e. The minimum Gasteiger partial charge on any atom is -0.492 e. The number of ether oxygens (including phenoxy) is 3. The highest BCUT2D eigenvalue weighted by atomic mass is 127. The SMILES string of the molecule is CCC1CCc2cc(I)ccc2N1S(=O)(=O)c1ccc(OCC2CCOCC2)c(C(=O)OC)c1. The predicted molar refractivity (Wildman–Crippen MR) is 138 cm³/mol. The molecule has 0 spiro atoms. The second-order valence-corrected chi connectivity index (χ2v) is 11.8. The van der Waals surface area contributed by atoms with Crippen LogP contribution >= 0.6 is 22.6 Å². The van der Waals surface area contributed by atoms with E-state index in [4.69, 9.17) is 14.2 Å². The standard InChI is InChI=1S/C25H30INO6S/c1-3-20-6-4-18-14-19(26)5-8-23(18)27(20)34(29,30)21-7-9-24(22(15-21)25(28)31-2)33-16-17-10-12-32-13-11-17/h5,7-9,14-15,17,20H,3-4,6,10-13,16H2,1-2H3. The molecule has 4 rings (SSSR count). The van der Waals surface area contributed by atoms with Crippen molar-refractivity contribution < 1.29 is 27.4 Å². The lowest BCUT2D eigenvalue weighted by Crippen LogP contribution is -2.43. The Balaban J connectivity index is 1.69. The predicted octanol–water partition coefficient (Wildman–Crippen LogP) is 4.80. The van der Waals surface area contributed by atoms with Gasteiger partial charge in [0.25, 0.3) is 10.0 Å². The molecule has 0 aromatic heterocycles. The van der Waals surface area contributed by atoms with E-state index in [1.54, 1.807) is 6.07 Å².